The molecule has 2 aromatic rings. The Bertz CT molecular complexity index is 806. The molecule has 0 aliphatic rings. The third-order valence-electron chi connectivity index (χ3n) is 4.95. The third kappa shape index (κ3) is 6.59. The first kappa shape index (κ1) is 22.4. The molecule has 0 aliphatic carbocycles. The first-order valence-electron chi connectivity index (χ1n) is 9.81. The van der Waals surface area contributed by atoms with Crippen LogP contribution in [-0.2, 0) is 22.6 Å². The number of nitrogens with one attached hydrogen (secondary N) is 1. The lowest BCUT2D eigenvalue weighted by molar-refractivity contribution is -0.140. The molecule has 0 aromatic heterocycles. The Kier molecular flexibility index (Phi) is 8.19. The largest absolute Gasteiger partial charge is 0.497 e. The molecule has 0 aliphatic heterocycles. The zero-order valence-corrected chi connectivity index (χ0v) is 17.4. The SMILES string of the molecule is CC[C@@H](C)NC(=O)[C@@H](C)N(Cc1ccc(OC)cc1)C(=O)Cc1ccc(F)cc1. The van der Waals surface area contributed by atoms with Crippen molar-refractivity contribution in [3.8, 4) is 5.75 Å². The summed E-state index contributed by atoms with van der Waals surface area (Å²) in [5.41, 5.74) is 1.59. The number of hydrogen-bond donors (Lipinski definition) is 1. The summed E-state index contributed by atoms with van der Waals surface area (Å²) < 4.78 is 18.3. The molecule has 0 spiro atoms. The minimum absolute atomic E-state index is 0.0278. The van der Waals surface area contributed by atoms with Crippen molar-refractivity contribution in [2.75, 3.05) is 7.11 Å². The highest BCUT2D eigenvalue weighted by atomic mass is 19.1. The molecule has 0 unspecified atom stereocenters. The number of amides is 2. The molecule has 2 rings (SSSR count). The van der Waals surface area contributed by atoms with Gasteiger partial charge in [0.15, 0.2) is 0 Å². The maximum Gasteiger partial charge on any atom is 0.242 e. The molecule has 0 bridgehead atoms. The summed E-state index contributed by atoms with van der Waals surface area (Å²) >= 11 is 0. The van der Waals surface area contributed by atoms with E-state index in [1.165, 1.54) is 12.1 Å². The lowest BCUT2D eigenvalue weighted by atomic mass is 10.1. The Balaban J connectivity index is 2.21. The standard InChI is InChI=1S/C23H29FN2O3/c1-5-16(2)25-23(28)17(3)26(15-19-8-12-21(29-4)13-9-19)22(27)14-18-6-10-20(24)11-7-18/h6-13,16-17H,5,14-15H2,1-4H3,(H,25,28)/t16-,17-/m1/s1. The second-order valence-corrected chi connectivity index (χ2v) is 7.17. The Hall–Kier alpha value is -2.89. The minimum Gasteiger partial charge on any atom is -0.497 e. The van der Waals surface area contributed by atoms with Crippen molar-refractivity contribution >= 4 is 11.8 Å². The highest BCUT2D eigenvalue weighted by Crippen LogP contribution is 2.16. The van der Waals surface area contributed by atoms with E-state index >= 15 is 0 Å². The maximum absolute atomic E-state index is 13.2. The van der Waals surface area contributed by atoms with Crippen LogP contribution >= 0.6 is 0 Å². The van der Waals surface area contributed by atoms with Crippen molar-refractivity contribution in [2.24, 2.45) is 0 Å². The maximum atomic E-state index is 13.2. The molecule has 2 amide bonds. The zero-order valence-electron chi connectivity index (χ0n) is 17.4. The molecule has 156 valence electrons. The van der Waals surface area contributed by atoms with Crippen LogP contribution in [0.15, 0.2) is 48.5 Å². The Morgan fingerprint density at radius 1 is 1.03 bits per heavy atom. The molecule has 2 atom stereocenters. The van der Waals surface area contributed by atoms with Crippen LogP contribution in [-0.4, -0.2) is 35.9 Å². The van der Waals surface area contributed by atoms with E-state index in [0.717, 1.165) is 17.7 Å². The van der Waals surface area contributed by atoms with Gasteiger partial charge in [0, 0.05) is 12.6 Å². The second-order valence-electron chi connectivity index (χ2n) is 7.17. The quantitative estimate of drug-likeness (QED) is 0.698. The van der Waals surface area contributed by atoms with Gasteiger partial charge in [-0.2, -0.15) is 0 Å². The number of carbonyl (C=O) groups is 2. The zero-order chi connectivity index (χ0) is 21.4. The van der Waals surface area contributed by atoms with Crippen molar-refractivity contribution in [3.05, 3.63) is 65.5 Å². The van der Waals surface area contributed by atoms with Gasteiger partial charge < -0.3 is 15.0 Å². The van der Waals surface area contributed by atoms with Gasteiger partial charge in [0.05, 0.1) is 13.5 Å². The van der Waals surface area contributed by atoms with Crippen LogP contribution in [0.3, 0.4) is 0 Å². The predicted molar refractivity (Wildman–Crippen MR) is 111 cm³/mol. The third-order valence-corrected chi connectivity index (χ3v) is 4.95. The fourth-order valence-corrected chi connectivity index (χ4v) is 2.85. The normalized spacial score (nSPS) is 12.7. The summed E-state index contributed by atoms with van der Waals surface area (Å²) in [6.45, 7) is 5.94. The number of nitrogens with zero attached hydrogens (tertiary/aromatic N) is 1. The van der Waals surface area contributed by atoms with E-state index < -0.39 is 6.04 Å². The van der Waals surface area contributed by atoms with Crippen molar-refractivity contribution in [3.63, 3.8) is 0 Å². The van der Waals surface area contributed by atoms with E-state index in [1.54, 1.807) is 31.1 Å². The van der Waals surface area contributed by atoms with Gasteiger partial charge in [0.1, 0.15) is 17.6 Å². The number of halogens is 1. The average molecular weight is 400 g/mol. The summed E-state index contributed by atoms with van der Waals surface area (Å²) in [6.07, 6.45) is 0.901. The van der Waals surface area contributed by atoms with Crippen molar-refractivity contribution < 1.29 is 18.7 Å². The van der Waals surface area contributed by atoms with Gasteiger partial charge in [-0.1, -0.05) is 31.2 Å². The second kappa shape index (κ2) is 10.6. The summed E-state index contributed by atoms with van der Waals surface area (Å²) in [4.78, 5) is 27.3. The van der Waals surface area contributed by atoms with E-state index in [-0.39, 0.29) is 30.1 Å². The average Bonchev–Trinajstić information content (AvgIpc) is 2.73. The molecule has 0 fully saturated rings. The first-order chi connectivity index (χ1) is 13.8. The molecule has 0 saturated heterocycles. The van der Waals surface area contributed by atoms with Crippen LogP contribution in [0.4, 0.5) is 4.39 Å². The first-order valence-corrected chi connectivity index (χ1v) is 9.81. The van der Waals surface area contributed by atoms with Crippen LogP contribution in [0.5, 0.6) is 5.75 Å². The molecule has 0 radical (unpaired) electrons. The number of hydrogen-bond acceptors (Lipinski definition) is 3. The Labute approximate surface area is 171 Å². The van der Waals surface area contributed by atoms with Gasteiger partial charge in [-0.3, -0.25) is 9.59 Å². The fourth-order valence-electron chi connectivity index (χ4n) is 2.85. The lowest BCUT2D eigenvalue weighted by Gasteiger charge is -2.30. The lowest BCUT2D eigenvalue weighted by Crippen LogP contribution is -2.49. The van der Waals surface area contributed by atoms with Gasteiger partial charge in [-0.05, 0) is 55.7 Å². The molecule has 0 heterocycles. The van der Waals surface area contributed by atoms with Gasteiger partial charge in [0.25, 0.3) is 0 Å². The van der Waals surface area contributed by atoms with Crippen LogP contribution in [0.25, 0.3) is 0 Å². The van der Waals surface area contributed by atoms with E-state index in [2.05, 4.69) is 5.32 Å². The van der Waals surface area contributed by atoms with E-state index in [9.17, 15) is 14.0 Å². The Morgan fingerprint density at radius 2 is 1.62 bits per heavy atom. The molecule has 5 nitrogen and oxygen atoms in total. The topological polar surface area (TPSA) is 58.6 Å². The molecular formula is C23H29FN2O3. The summed E-state index contributed by atoms with van der Waals surface area (Å²) in [7, 11) is 1.59. The van der Waals surface area contributed by atoms with Crippen molar-refractivity contribution in [1.82, 2.24) is 10.2 Å². The van der Waals surface area contributed by atoms with Gasteiger partial charge in [-0.25, -0.2) is 4.39 Å². The minimum atomic E-state index is -0.640. The van der Waals surface area contributed by atoms with Crippen LogP contribution in [0.2, 0.25) is 0 Å². The molecular weight excluding hydrogens is 371 g/mol. The van der Waals surface area contributed by atoms with E-state index in [4.69, 9.17) is 4.74 Å². The number of ether oxygens (including phenoxy) is 1. The van der Waals surface area contributed by atoms with Crippen molar-refractivity contribution in [1.29, 1.82) is 0 Å². The van der Waals surface area contributed by atoms with Crippen molar-refractivity contribution in [2.45, 2.75) is 52.2 Å². The number of benzene rings is 2. The van der Waals surface area contributed by atoms with E-state index in [0.29, 0.717) is 12.1 Å². The van der Waals surface area contributed by atoms with Gasteiger partial charge >= 0.3 is 0 Å². The van der Waals surface area contributed by atoms with Gasteiger partial charge in [-0.15, -0.1) is 0 Å². The predicted octanol–water partition coefficient (Wildman–Crippen LogP) is 3.71. The smallest absolute Gasteiger partial charge is 0.242 e. The summed E-state index contributed by atoms with van der Waals surface area (Å²) in [5.74, 6) is -0.0161. The monoisotopic (exact) mass is 400 g/mol. The highest BCUT2D eigenvalue weighted by molar-refractivity contribution is 5.88. The van der Waals surface area contributed by atoms with Crippen LogP contribution in [0.1, 0.15) is 38.3 Å². The highest BCUT2D eigenvalue weighted by Gasteiger charge is 2.26. The van der Waals surface area contributed by atoms with Crippen LogP contribution < -0.4 is 10.1 Å². The number of rotatable bonds is 9. The molecule has 2 aromatic carbocycles. The fraction of sp³-hybridized carbons (Fsp3) is 0.391. The Morgan fingerprint density at radius 3 is 2.17 bits per heavy atom. The summed E-state index contributed by atoms with van der Waals surface area (Å²) in [5, 5.41) is 2.94. The number of methoxy groups -OCH3 is 1. The molecule has 0 saturated carbocycles. The molecule has 29 heavy (non-hydrogen) atoms. The van der Waals surface area contributed by atoms with Gasteiger partial charge in [0.2, 0.25) is 11.8 Å². The number of carbonyl (C=O) groups excluding carboxylic acids is 2. The molecule has 6 heteroatoms. The summed E-state index contributed by atoms with van der Waals surface area (Å²) in [6, 6.07) is 12.6. The molecule has 1 N–H and O–H groups in total. The van der Waals surface area contributed by atoms with Crippen LogP contribution in [0, 0.1) is 5.82 Å². The van der Waals surface area contributed by atoms with E-state index in [1.807, 2.05) is 38.1 Å².